The number of azo groups is 1. The lowest BCUT2D eigenvalue weighted by Gasteiger charge is -2.14. The summed E-state index contributed by atoms with van der Waals surface area (Å²) in [7, 11) is -3.06. The predicted octanol–water partition coefficient (Wildman–Crippen LogP) is 7.34. The van der Waals surface area contributed by atoms with Gasteiger partial charge in [0.05, 0.1) is 27.6 Å². The number of amides is 1. The number of methoxy groups -OCH3 is 1. The van der Waals surface area contributed by atoms with E-state index in [1.54, 1.807) is 49.4 Å². The summed E-state index contributed by atoms with van der Waals surface area (Å²) in [5.74, 6) is -0.780. The van der Waals surface area contributed by atoms with Crippen LogP contribution in [-0.4, -0.2) is 31.1 Å². The van der Waals surface area contributed by atoms with E-state index in [0.717, 1.165) is 0 Å². The van der Waals surface area contributed by atoms with Crippen molar-refractivity contribution in [3.05, 3.63) is 81.8 Å². The fraction of sp³-hybridized carbons (Fsp3) is 0.115. The summed E-state index contributed by atoms with van der Waals surface area (Å²) in [6.07, 6.45) is 0.201. The molecule has 4 aromatic carbocycles. The number of phenolic OH excluding ortho intramolecular Hbond substituents is 1. The van der Waals surface area contributed by atoms with Gasteiger partial charge in [-0.1, -0.05) is 60.5 Å². The summed E-state index contributed by atoms with van der Waals surface area (Å²) in [5, 5.41) is 23.4. The lowest BCUT2D eigenvalue weighted by Crippen LogP contribution is -2.13. The Bertz CT molecular complexity index is 1710. The van der Waals surface area contributed by atoms with Crippen molar-refractivity contribution in [3.63, 3.8) is 0 Å². The van der Waals surface area contributed by atoms with Gasteiger partial charge in [-0.3, -0.25) is 9.35 Å². The van der Waals surface area contributed by atoms with Crippen molar-refractivity contribution in [2.75, 3.05) is 12.4 Å². The zero-order valence-corrected chi connectivity index (χ0v) is 22.4. The quantitative estimate of drug-likeness (QED) is 0.156. The molecule has 0 aromatic heterocycles. The first-order valence-corrected chi connectivity index (χ1v) is 13.4. The number of aromatic hydroxyl groups is 1. The zero-order chi connectivity index (χ0) is 27.6. The number of hydrogen-bond donors (Lipinski definition) is 3. The number of hydrogen-bond acceptors (Lipinski definition) is 7. The zero-order valence-electron chi connectivity index (χ0n) is 20.1. The second kappa shape index (κ2) is 11.0. The van der Waals surface area contributed by atoms with Gasteiger partial charge in [0.25, 0.3) is 16.0 Å². The van der Waals surface area contributed by atoms with Gasteiger partial charge in [-0.15, -0.1) is 10.2 Å². The highest BCUT2D eigenvalue weighted by molar-refractivity contribution is 7.85. The van der Waals surface area contributed by atoms with Gasteiger partial charge in [-0.25, -0.2) is 0 Å². The number of fused-ring (bicyclic) bond motifs is 1. The monoisotopic (exact) mass is 573 g/mol. The van der Waals surface area contributed by atoms with Crippen molar-refractivity contribution in [1.29, 1.82) is 0 Å². The van der Waals surface area contributed by atoms with E-state index < -0.39 is 21.8 Å². The van der Waals surface area contributed by atoms with Gasteiger partial charge in [-0.05, 0) is 47.7 Å². The molecular formula is C26H21Cl2N3O6S. The highest BCUT2D eigenvalue weighted by Gasteiger charge is 2.22. The van der Waals surface area contributed by atoms with Crippen molar-refractivity contribution in [1.82, 2.24) is 0 Å². The molecule has 3 N–H and O–H groups in total. The van der Waals surface area contributed by atoms with Crippen molar-refractivity contribution in [2.24, 2.45) is 10.2 Å². The van der Waals surface area contributed by atoms with Crippen molar-refractivity contribution in [2.45, 2.75) is 18.2 Å². The largest absolute Gasteiger partial charge is 0.505 e. The molecule has 0 unspecified atom stereocenters. The molecule has 0 aliphatic carbocycles. The molecule has 0 atom stereocenters. The minimum Gasteiger partial charge on any atom is -0.505 e. The Labute approximate surface area is 228 Å². The smallest absolute Gasteiger partial charge is 0.294 e. The minimum absolute atomic E-state index is 0.00709. The average Bonchev–Trinajstić information content (AvgIpc) is 2.88. The number of benzene rings is 4. The maximum Gasteiger partial charge on any atom is 0.294 e. The summed E-state index contributed by atoms with van der Waals surface area (Å²) >= 11 is 12.6. The average molecular weight is 574 g/mol. The van der Waals surface area contributed by atoms with E-state index in [0.29, 0.717) is 16.5 Å². The molecule has 0 bridgehead atoms. The SMILES string of the molecule is CCc1c(S(=O)(=O)O)ccc(N=Nc2c(O)c(C(=O)Nc3c(Cl)cccc3OC)cc3ccccc23)c1Cl. The molecule has 38 heavy (non-hydrogen) atoms. The number of nitrogens with one attached hydrogen (secondary N) is 1. The normalized spacial score (nSPS) is 11.7. The van der Waals surface area contributed by atoms with E-state index in [9.17, 15) is 22.9 Å². The van der Waals surface area contributed by atoms with Crippen LogP contribution in [0.2, 0.25) is 10.0 Å². The standard InChI is InChI=1S/C26H21Cl2N3O6S/c1-3-15-21(38(34,35)36)12-11-19(22(15)28)30-31-23-16-8-5-4-7-14(16)13-17(25(23)32)26(33)29-24-18(27)9-6-10-20(24)37-2/h4-13,32H,3H2,1-2H3,(H,29,33)(H,34,35,36). The topological polar surface area (TPSA) is 138 Å². The molecule has 12 heteroatoms. The van der Waals surface area contributed by atoms with Crippen LogP contribution >= 0.6 is 23.2 Å². The fourth-order valence-corrected chi connectivity index (χ4v) is 5.31. The molecule has 0 aliphatic heterocycles. The molecule has 0 fully saturated rings. The van der Waals surface area contributed by atoms with E-state index in [1.165, 1.54) is 25.3 Å². The van der Waals surface area contributed by atoms with Crippen LogP contribution in [0, 0.1) is 0 Å². The molecule has 0 radical (unpaired) electrons. The molecule has 4 rings (SSSR count). The number of carbonyl (C=O) groups excluding carboxylic acids is 1. The third kappa shape index (κ3) is 5.30. The van der Waals surface area contributed by atoms with Gasteiger partial charge >= 0.3 is 0 Å². The maximum absolute atomic E-state index is 13.2. The first-order valence-electron chi connectivity index (χ1n) is 11.2. The summed E-state index contributed by atoms with van der Waals surface area (Å²) in [5.41, 5.74) is 0.404. The van der Waals surface area contributed by atoms with E-state index in [-0.39, 0.29) is 49.6 Å². The van der Waals surface area contributed by atoms with Crippen LogP contribution < -0.4 is 10.1 Å². The number of phenols is 1. The number of rotatable bonds is 7. The summed E-state index contributed by atoms with van der Waals surface area (Å²) in [6.45, 7) is 1.67. The van der Waals surface area contributed by atoms with Crippen molar-refractivity contribution >= 4 is 67.1 Å². The van der Waals surface area contributed by atoms with Gasteiger partial charge < -0.3 is 15.2 Å². The van der Waals surface area contributed by atoms with Crippen LogP contribution in [0.4, 0.5) is 17.1 Å². The lowest BCUT2D eigenvalue weighted by molar-refractivity contribution is 0.102. The molecule has 0 aliphatic rings. The Kier molecular flexibility index (Phi) is 7.89. The Morgan fingerprint density at radius 1 is 1.05 bits per heavy atom. The lowest BCUT2D eigenvalue weighted by atomic mass is 10.0. The van der Waals surface area contributed by atoms with Crippen LogP contribution in [0.5, 0.6) is 11.5 Å². The number of nitrogens with zero attached hydrogens (tertiary/aromatic N) is 2. The molecule has 0 heterocycles. The summed E-state index contributed by atoms with van der Waals surface area (Å²) in [6, 6.07) is 15.8. The fourth-order valence-electron chi connectivity index (χ4n) is 3.91. The molecule has 1 amide bonds. The third-order valence-electron chi connectivity index (χ3n) is 5.74. The molecular weight excluding hydrogens is 553 g/mol. The molecule has 0 saturated heterocycles. The van der Waals surface area contributed by atoms with E-state index in [4.69, 9.17) is 27.9 Å². The second-order valence-corrected chi connectivity index (χ2v) is 10.2. The molecule has 0 spiro atoms. The Morgan fingerprint density at radius 2 is 1.79 bits per heavy atom. The summed E-state index contributed by atoms with van der Waals surface area (Å²) < 4.78 is 38.2. The summed E-state index contributed by atoms with van der Waals surface area (Å²) in [4.78, 5) is 12.9. The van der Waals surface area contributed by atoms with Crippen LogP contribution in [-0.2, 0) is 16.5 Å². The van der Waals surface area contributed by atoms with E-state index in [1.807, 2.05) is 0 Å². The minimum atomic E-state index is -4.50. The first kappa shape index (κ1) is 27.3. The van der Waals surface area contributed by atoms with Gasteiger partial charge in [0.15, 0.2) is 5.75 Å². The van der Waals surface area contributed by atoms with Crippen LogP contribution in [0.15, 0.2) is 75.8 Å². The van der Waals surface area contributed by atoms with E-state index in [2.05, 4.69) is 15.5 Å². The maximum atomic E-state index is 13.2. The highest BCUT2D eigenvalue weighted by Crippen LogP contribution is 2.42. The van der Waals surface area contributed by atoms with Crippen LogP contribution in [0.25, 0.3) is 10.8 Å². The second-order valence-electron chi connectivity index (χ2n) is 8.02. The Balaban J connectivity index is 1.82. The third-order valence-corrected chi connectivity index (χ3v) is 7.42. The number of para-hydroxylation sites is 1. The Morgan fingerprint density at radius 3 is 2.47 bits per heavy atom. The van der Waals surface area contributed by atoms with Crippen LogP contribution in [0.1, 0.15) is 22.8 Å². The number of halogens is 2. The van der Waals surface area contributed by atoms with Gasteiger partial charge in [0, 0.05) is 5.39 Å². The van der Waals surface area contributed by atoms with E-state index >= 15 is 0 Å². The molecule has 0 saturated carbocycles. The van der Waals surface area contributed by atoms with Crippen molar-refractivity contribution in [3.8, 4) is 11.5 Å². The molecule has 4 aromatic rings. The number of anilines is 1. The van der Waals surface area contributed by atoms with Gasteiger partial charge in [0.2, 0.25) is 0 Å². The number of ether oxygens (including phenoxy) is 1. The first-order chi connectivity index (χ1) is 18.1. The molecule has 196 valence electrons. The van der Waals surface area contributed by atoms with Crippen molar-refractivity contribution < 1.29 is 27.6 Å². The van der Waals surface area contributed by atoms with Gasteiger partial charge in [-0.2, -0.15) is 8.42 Å². The Hall–Kier alpha value is -3.70. The number of carbonyl (C=O) groups is 1. The predicted molar refractivity (Wildman–Crippen MR) is 146 cm³/mol. The highest BCUT2D eigenvalue weighted by atomic mass is 35.5. The van der Waals surface area contributed by atoms with Gasteiger partial charge in [0.1, 0.15) is 22.8 Å². The van der Waals surface area contributed by atoms with Crippen LogP contribution in [0.3, 0.4) is 0 Å². The molecule has 9 nitrogen and oxygen atoms in total.